The number of anilines is 1. The maximum atomic E-state index is 15.2. The summed E-state index contributed by atoms with van der Waals surface area (Å²) in [6, 6.07) is 9.71. The van der Waals surface area contributed by atoms with Gasteiger partial charge >= 0.3 is 6.03 Å². The second kappa shape index (κ2) is 11.1. The van der Waals surface area contributed by atoms with Crippen LogP contribution in [0.4, 0.5) is 15.0 Å². The second-order valence-electron chi connectivity index (χ2n) is 10.9. The maximum absolute atomic E-state index is 15.2. The zero-order valence-electron chi connectivity index (χ0n) is 23.4. The zero-order chi connectivity index (χ0) is 29.3. The molecule has 4 aromatic rings. The van der Waals surface area contributed by atoms with E-state index < -0.39 is 17.3 Å². The molecule has 214 valence electrons. The molecule has 0 radical (unpaired) electrons. The number of pyridine rings is 2. The van der Waals surface area contributed by atoms with Crippen molar-refractivity contribution in [2.45, 2.75) is 38.5 Å². The summed E-state index contributed by atoms with van der Waals surface area (Å²) in [6.45, 7) is 4.55. The fourth-order valence-corrected chi connectivity index (χ4v) is 4.79. The number of nitrogens with one attached hydrogen (secondary N) is 3. The van der Waals surface area contributed by atoms with Crippen LogP contribution in [0.3, 0.4) is 0 Å². The van der Waals surface area contributed by atoms with E-state index in [0.717, 1.165) is 17.4 Å². The first-order valence-electron chi connectivity index (χ1n) is 13.3. The number of carbonyl (C=O) groups is 2. The number of aromatic nitrogens is 4. The third-order valence-electron chi connectivity index (χ3n) is 7.17. The molecule has 3 amide bonds. The Kier molecular flexibility index (Phi) is 7.59. The Balaban J connectivity index is 1.32. The van der Waals surface area contributed by atoms with Crippen LogP contribution in [0.1, 0.15) is 41.9 Å². The van der Waals surface area contributed by atoms with E-state index in [1.54, 1.807) is 52.3 Å². The molecule has 12 heteroatoms. The fraction of sp³-hybridized carbons (Fsp3) is 0.345. The summed E-state index contributed by atoms with van der Waals surface area (Å²) in [5.41, 5.74) is 2.02. The molecule has 0 saturated carbocycles. The fourth-order valence-electron chi connectivity index (χ4n) is 4.79. The molecule has 1 aliphatic rings. The molecular formula is C29H33FN8O3. The van der Waals surface area contributed by atoms with Gasteiger partial charge in [0.25, 0.3) is 5.91 Å². The van der Waals surface area contributed by atoms with Crippen LogP contribution in [0.15, 0.2) is 48.8 Å². The normalized spacial score (nSPS) is 15.3. The van der Waals surface area contributed by atoms with Crippen LogP contribution in [0.5, 0.6) is 0 Å². The van der Waals surface area contributed by atoms with Gasteiger partial charge in [-0.1, -0.05) is 18.2 Å². The van der Waals surface area contributed by atoms with E-state index in [4.69, 9.17) is 0 Å². The van der Waals surface area contributed by atoms with Crippen molar-refractivity contribution in [1.29, 1.82) is 0 Å². The van der Waals surface area contributed by atoms with Crippen molar-refractivity contribution in [2.24, 2.45) is 0 Å². The lowest BCUT2D eigenvalue weighted by molar-refractivity contribution is 0.0779. The van der Waals surface area contributed by atoms with Gasteiger partial charge in [0.2, 0.25) is 0 Å². The number of aliphatic hydroxyl groups is 1. The van der Waals surface area contributed by atoms with Gasteiger partial charge in [0, 0.05) is 63.3 Å². The Bertz CT molecular complexity index is 1580. The lowest BCUT2D eigenvalue weighted by Gasteiger charge is -2.19. The van der Waals surface area contributed by atoms with E-state index in [-0.39, 0.29) is 24.3 Å². The highest BCUT2D eigenvalue weighted by atomic mass is 19.1. The average molecular weight is 561 g/mol. The number of halogens is 1. The van der Waals surface area contributed by atoms with Crippen molar-refractivity contribution in [3.05, 3.63) is 71.4 Å². The van der Waals surface area contributed by atoms with Gasteiger partial charge in [-0.05, 0) is 49.6 Å². The SMILES string of the molecule is CN(C)C(=O)N[C@@H]1CCN(c2n[nH]c3nccc(-c4ccc(CNC(=O)c5ccc(C(C)(C)O)cn5)c(F)c4)c23)C1. The number of amides is 3. The second-order valence-corrected chi connectivity index (χ2v) is 10.9. The molecule has 1 saturated heterocycles. The van der Waals surface area contributed by atoms with Crippen molar-refractivity contribution < 1.29 is 19.1 Å². The topological polar surface area (TPSA) is 139 Å². The molecular weight excluding hydrogens is 527 g/mol. The lowest BCUT2D eigenvalue weighted by atomic mass is 10.0. The van der Waals surface area contributed by atoms with E-state index >= 15 is 4.39 Å². The molecule has 0 aliphatic carbocycles. The van der Waals surface area contributed by atoms with Gasteiger partial charge in [-0.15, -0.1) is 0 Å². The summed E-state index contributed by atoms with van der Waals surface area (Å²) < 4.78 is 15.2. The van der Waals surface area contributed by atoms with Crippen LogP contribution in [-0.4, -0.2) is 75.3 Å². The summed E-state index contributed by atoms with van der Waals surface area (Å²) in [6.07, 6.45) is 3.87. The highest BCUT2D eigenvalue weighted by Gasteiger charge is 2.28. The number of hydrogen-bond acceptors (Lipinski definition) is 7. The van der Waals surface area contributed by atoms with Crippen LogP contribution >= 0.6 is 0 Å². The molecule has 0 unspecified atom stereocenters. The minimum absolute atomic E-state index is 0.0154. The molecule has 41 heavy (non-hydrogen) atoms. The molecule has 4 N–H and O–H groups in total. The van der Waals surface area contributed by atoms with Crippen molar-refractivity contribution in [2.75, 3.05) is 32.1 Å². The standard InChI is InChI=1S/C29H33FN8O3/c1-29(2,41)19-7-8-23(32-15-19)27(39)33-14-18-6-5-17(13-22(18)30)21-9-11-31-25-24(21)26(36-35-25)38-12-10-20(16-38)34-28(40)37(3)4/h5-9,11,13,15,20,41H,10,12,14,16H2,1-4H3,(H,33,39)(H,34,40)(H,31,35,36)/t20-/m1/s1. The third-order valence-corrected chi connectivity index (χ3v) is 7.17. The summed E-state index contributed by atoms with van der Waals surface area (Å²) >= 11 is 0. The number of carbonyl (C=O) groups excluding carboxylic acids is 2. The Morgan fingerprint density at radius 1 is 1.20 bits per heavy atom. The zero-order valence-corrected chi connectivity index (χ0v) is 23.4. The largest absolute Gasteiger partial charge is 0.386 e. The van der Waals surface area contributed by atoms with Crippen LogP contribution < -0.4 is 15.5 Å². The number of benzene rings is 1. The molecule has 0 bridgehead atoms. The van der Waals surface area contributed by atoms with Gasteiger partial charge in [-0.3, -0.25) is 14.9 Å². The first-order valence-corrected chi connectivity index (χ1v) is 13.3. The molecule has 3 aromatic heterocycles. The van der Waals surface area contributed by atoms with Crippen molar-refractivity contribution in [1.82, 2.24) is 35.7 Å². The average Bonchev–Trinajstić information content (AvgIpc) is 3.58. The Hall–Kier alpha value is -4.58. The Labute approximate surface area is 236 Å². The molecule has 1 aromatic carbocycles. The van der Waals surface area contributed by atoms with E-state index in [0.29, 0.717) is 41.2 Å². The van der Waals surface area contributed by atoms with Crippen molar-refractivity contribution in [3.63, 3.8) is 0 Å². The number of H-pyrrole nitrogens is 1. The van der Waals surface area contributed by atoms with Gasteiger partial charge in [0.15, 0.2) is 11.5 Å². The van der Waals surface area contributed by atoms with Gasteiger partial charge in [0.05, 0.1) is 11.0 Å². The smallest absolute Gasteiger partial charge is 0.317 e. The molecule has 4 heterocycles. The first-order chi connectivity index (χ1) is 19.5. The number of nitrogens with zero attached hydrogens (tertiary/aromatic N) is 5. The van der Waals surface area contributed by atoms with Gasteiger partial charge < -0.3 is 25.5 Å². The van der Waals surface area contributed by atoms with Gasteiger partial charge in [-0.25, -0.2) is 14.2 Å². The van der Waals surface area contributed by atoms with Crippen molar-refractivity contribution in [3.8, 4) is 11.1 Å². The Morgan fingerprint density at radius 2 is 2.00 bits per heavy atom. The summed E-state index contributed by atoms with van der Waals surface area (Å²) in [4.78, 5) is 36.8. The number of urea groups is 1. The highest BCUT2D eigenvalue weighted by molar-refractivity contribution is 6.00. The minimum atomic E-state index is -1.06. The van der Waals surface area contributed by atoms with Crippen LogP contribution in [0, 0.1) is 5.82 Å². The Morgan fingerprint density at radius 3 is 2.68 bits per heavy atom. The summed E-state index contributed by atoms with van der Waals surface area (Å²) in [7, 11) is 3.41. The van der Waals surface area contributed by atoms with E-state index in [2.05, 4.69) is 35.7 Å². The number of rotatable bonds is 7. The quantitative estimate of drug-likeness (QED) is 0.272. The molecule has 1 fully saturated rings. The number of aromatic amines is 1. The van der Waals surface area contributed by atoms with Crippen LogP contribution in [-0.2, 0) is 12.1 Å². The van der Waals surface area contributed by atoms with E-state index in [1.807, 2.05) is 6.07 Å². The maximum Gasteiger partial charge on any atom is 0.317 e. The summed E-state index contributed by atoms with van der Waals surface area (Å²) in [5.74, 6) is -0.208. The molecule has 1 atom stereocenters. The number of fused-ring (bicyclic) bond motifs is 1. The van der Waals surface area contributed by atoms with E-state index in [9.17, 15) is 14.7 Å². The third kappa shape index (κ3) is 5.97. The predicted molar refractivity (Wildman–Crippen MR) is 153 cm³/mol. The minimum Gasteiger partial charge on any atom is -0.386 e. The number of hydrogen-bond donors (Lipinski definition) is 4. The molecule has 1 aliphatic heterocycles. The highest BCUT2D eigenvalue weighted by Crippen LogP contribution is 2.35. The van der Waals surface area contributed by atoms with Crippen LogP contribution in [0.2, 0.25) is 0 Å². The molecule has 11 nitrogen and oxygen atoms in total. The van der Waals surface area contributed by atoms with E-state index in [1.165, 1.54) is 23.2 Å². The van der Waals surface area contributed by atoms with Gasteiger partial charge in [0.1, 0.15) is 11.5 Å². The van der Waals surface area contributed by atoms with Crippen molar-refractivity contribution >= 4 is 28.8 Å². The van der Waals surface area contributed by atoms with Crippen LogP contribution in [0.25, 0.3) is 22.2 Å². The molecule has 0 spiro atoms. The lowest BCUT2D eigenvalue weighted by Crippen LogP contribution is -2.42. The monoisotopic (exact) mass is 560 g/mol. The first kappa shape index (κ1) is 28.0. The van der Waals surface area contributed by atoms with Gasteiger partial charge in [-0.2, -0.15) is 5.10 Å². The summed E-state index contributed by atoms with van der Waals surface area (Å²) in [5, 5.41) is 24.0. The molecule has 5 rings (SSSR count). The predicted octanol–water partition coefficient (Wildman–Crippen LogP) is 3.17.